The van der Waals surface area contributed by atoms with Crippen LogP contribution in [0.25, 0.3) is 0 Å². The van der Waals surface area contributed by atoms with Crippen LogP contribution in [0.1, 0.15) is 45.1 Å². The number of hydrogen-bond donors (Lipinski definition) is 2. The first-order chi connectivity index (χ1) is 13.1. The fourth-order valence-corrected chi connectivity index (χ4v) is 5.03. The number of quaternary nitrogens is 2. The maximum absolute atomic E-state index is 6.05. The normalized spacial score (nSPS) is 26.1. The molecule has 27 heavy (non-hydrogen) atoms. The van der Waals surface area contributed by atoms with Crippen LogP contribution in [0.2, 0.25) is 0 Å². The molecule has 2 saturated heterocycles. The van der Waals surface area contributed by atoms with E-state index >= 15 is 0 Å². The van der Waals surface area contributed by atoms with E-state index in [-0.39, 0.29) is 5.60 Å². The van der Waals surface area contributed by atoms with Gasteiger partial charge in [0.15, 0.2) is 0 Å². The van der Waals surface area contributed by atoms with Gasteiger partial charge in [0.1, 0.15) is 13.1 Å². The van der Waals surface area contributed by atoms with Crippen LogP contribution < -0.4 is 10.2 Å². The monoisotopic (exact) mass is 376 g/mol. The summed E-state index contributed by atoms with van der Waals surface area (Å²) in [6.45, 7) is 13.5. The predicted molar refractivity (Wildman–Crippen MR) is 109 cm³/mol. The van der Waals surface area contributed by atoms with Crippen LogP contribution in [0.15, 0.2) is 30.3 Å². The van der Waals surface area contributed by atoms with Gasteiger partial charge in [-0.05, 0) is 44.1 Å². The third-order valence-corrected chi connectivity index (χ3v) is 6.37. The van der Waals surface area contributed by atoms with Crippen molar-refractivity contribution in [1.29, 1.82) is 0 Å². The van der Waals surface area contributed by atoms with Crippen molar-refractivity contribution < 1.29 is 19.7 Å². The molecule has 3 N–H and O–H groups in total. The maximum atomic E-state index is 6.05. The molecule has 3 rings (SSSR count). The fourth-order valence-electron chi connectivity index (χ4n) is 5.03. The van der Waals surface area contributed by atoms with Crippen LogP contribution in [0.4, 0.5) is 0 Å². The van der Waals surface area contributed by atoms with E-state index in [1.54, 1.807) is 4.90 Å². The summed E-state index contributed by atoms with van der Waals surface area (Å²) in [5.74, 6) is 0. The minimum Gasteiger partial charge on any atom is -0.376 e. The Hall–Kier alpha value is -0.940. The first-order valence-corrected chi connectivity index (χ1v) is 11.0. The molecule has 1 atom stereocenters. The zero-order valence-corrected chi connectivity index (χ0v) is 17.5. The van der Waals surface area contributed by atoms with Gasteiger partial charge in [0, 0.05) is 19.4 Å². The Labute approximate surface area is 165 Å². The maximum Gasteiger partial charge on any atom is 0.101 e. The number of benzene rings is 1. The summed E-state index contributed by atoms with van der Waals surface area (Å²) in [5, 5.41) is 2.55. The standard InChI is InChI=1S/C23H38N2O2/c1-22(2)20-23(10-16-27-22,19-21-7-4-3-5-8-21)9-12-24-11-6-13-25-14-17-26-18-15-25/h3-5,7-8,24H,6,9-20H2,1-2H3/p+2/t23-/m1/s1. The molecular weight excluding hydrogens is 336 g/mol. The van der Waals surface area contributed by atoms with Gasteiger partial charge in [-0.3, -0.25) is 0 Å². The lowest BCUT2D eigenvalue weighted by molar-refractivity contribution is -0.909. The van der Waals surface area contributed by atoms with Crippen molar-refractivity contribution >= 4 is 0 Å². The first kappa shape index (κ1) is 20.8. The topological polar surface area (TPSA) is 39.5 Å². The molecule has 0 saturated carbocycles. The molecule has 2 heterocycles. The van der Waals surface area contributed by atoms with E-state index in [4.69, 9.17) is 9.47 Å². The quantitative estimate of drug-likeness (QED) is 0.633. The largest absolute Gasteiger partial charge is 0.376 e. The second kappa shape index (κ2) is 10.0. The Kier molecular flexibility index (Phi) is 7.71. The van der Waals surface area contributed by atoms with Crippen molar-refractivity contribution in [2.45, 2.75) is 51.6 Å². The van der Waals surface area contributed by atoms with Crippen LogP contribution in [0, 0.1) is 5.41 Å². The van der Waals surface area contributed by atoms with Crippen molar-refractivity contribution in [2.24, 2.45) is 5.41 Å². The summed E-state index contributed by atoms with van der Waals surface area (Å²) in [6, 6.07) is 11.0. The number of morpholine rings is 1. The minimum atomic E-state index is 0.00667. The molecule has 4 nitrogen and oxygen atoms in total. The van der Waals surface area contributed by atoms with Gasteiger partial charge < -0.3 is 19.7 Å². The smallest absolute Gasteiger partial charge is 0.101 e. The molecule has 0 aliphatic carbocycles. The summed E-state index contributed by atoms with van der Waals surface area (Å²) in [6.07, 6.45) is 6.15. The van der Waals surface area contributed by atoms with Crippen molar-refractivity contribution in [3.63, 3.8) is 0 Å². The second-order valence-electron chi connectivity index (χ2n) is 9.28. The van der Waals surface area contributed by atoms with Crippen molar-refractivity contribution in [1.82, 2.24) is 0 Å². The first-order valence-electron chi connectivity index (χ1n) is 11.0. The highest BCUT2D eigenvalue weighted by Gasteiger charge is 2.40. The number of hydrogen-bond acceptors (Lipinski definition) is 2. The van der Waals surface area contributed by atoms with Crippen molar-refractivity contribution in [3.05, 3.63) is 35.9 Å². The highest BCUT2D eigenvalue weighted by atomic mass is 16.5. The average Bonchev–Trinajstić information content (AvgIpc) is 2.65. The van der Waals surface area contributed by atoms with Gasteiger partial charge in [-0.15, -0.1) is 0 Å². The number of nitrogens with one attached hydrogen (secondary N) is 1. The SMILES string of the molecule is CC1(C)C[C@@](CC[NH2+]CCC[NH+]2CCOCC2)(Cc2ccccc2)CCO1. The summed E-state index contributed by atoms with van der Waals surface area (Å²) in [4.78, 5) is 1.72. The van der Waals surface area contributed by atoms with Gasteiger partial charge in [0.25, 0.3) is 0 Å². The Morgan fingerprint density at radius 2 is 1.81 bits per heavy atom. The third-order valence-electron chi connectivity index (χ3n) is 6.37. The lowest BCUT2D eigenvalue weighted by Crippen LogP contribution is -3.14. The zero-order chi connectivity index (χ0) is 19.0. The molecule has 0 aromatic heterocycles. The van der Waals surface area contributed by atoms with E-state index in [1.807, 2.05) is 0 Å². The molecule has 4 heteroatoms. The van der Waals surface area contributed by atoms with Gasteiger partial charge in [0.2, 0.25) is 0 Å². The Morgan fingerprint density at radius 1 is 1.04 bits per heavy atom. The van der Waals surface area contributed by atoms with Crippen LogP contribution in [0.3, 0.4) is 0 Å². The van der Waals surface area contributed by atoms with Crippen molar-refractivity contribution in [3.8, 4) is 0 Å². The van der Waals surface area contributed by atoms with Gasteiger partial charge >= 0.3 is 0 Å². The third kappa shape index (κ3) is 6.86. The molecule has 2 aliphatic heterocycles. The van der Waals surface area contributed by atoms with Crippen molar-refractivity contribution in [2.75, 3.05) is 52.5 Å². The lowest BCUT2D eigenvalue weighted by Gasteiger charge is -2.45. The lowest BCUT2D eigenvalue weighted by atomic mass is 9.68. The second-order valence-corrected chi connectivity index (χ2v) is 9.28. The van der Waals surface area contributed by atoms with Crippen LogP contribution in [0.5, 0.6) is 0 Å². The minimum absolute atomic E-state index is 0.00667. The molecule has 2 aliphatic rings. The van der Waals surface area contributed by atoms with E-state index in [1.165, 1.54) is 70.4 Å². The Balaban J connectivity index is 1.45. The molecule has 0 bridgehead atoms. The van der Waals surface area contributed by atoms with Gasteiger partial charge in [-0.1, -0.05) is 30.3 Å². The molecular formula is C23H40N2O2+2. The van der Waals surface area contributed by atoms with E-state index < -0.39 is 0 Å². The van der Waals surface area contributed by atoms with E-state index in [9.17, 15) is 0 Å². The molecule has 0 spiro atoms. The van der Waals surface area contributed by atoms with E-state index in [0.717, 1.165) is 19.8 Å². The number of nitrogens with two attached hydrogens (primary N) is 1. The highest BCUT2D eigenvalue weighted by molar-refractivity contribution is 5.17. The van der Waals surface area contributed by atoms with E-state index in [2.05, 4.69) is 49.5 Å². The number of ether oxygens (including phenoxy) is 2. The number of rotatable bonds is 9. The van der Waals surface area contributed by atoms with E-state index in [0.29, 0.717) is 5.41 Å². The summed E-state index contributed by atoms with van der Waals surface area (Å²) >= 11 is 0. The van der Waals surface area contributed by atoms with Gasteiger partial charge in [0.05, 0.1) is 38.4 Å². The Bertz CT molecular complexity index is 543. The predicted octanol–water partition coefficient (Wildman–Crippen LogP) is 1.06. The molecule has 0 amide bonds. The fraction of sp³-hybridized carbons (Fsp3) is 0.739. The summed E-state index contributed by atoms with van der Waals surface area (Å²) in [5.41, 5.74) is 1.87. The van der Waals surface area contributed by atoms with Crippen LogP contribution in [-0.4, -0.2) is 58.1 Å². The van der Waals surface area contributed by atoms with Gasteiger partial charge in [-0.25, -0.2) is 0 Å². The molecule has 0 unspecified atom stereocenters. The average molecular weight is 377 g/mol. The molecule has 152 valence electrons. The van der Waals surface area contributed by atoms with Gasteiger partial charge in [-0.2, -0.15) is 0 Å². The Morgan fingerprint density at radius 3 is 2.56 bits per heavy atom. The summed E-state index contributed by atoms with van der Waals surface area (Å²) in [7, 11) is 0. The summed E-state index contributed by atoms with van der Waals surface area (Å²) < 4.78 is 11.5. The molecule has 0 radical (unpaired) electrons. The molecule has 1 aromatic carbocycles. The molecule has 2 fully saturated rings. The zero-order valence-electron chi connectivity index (χ0n) is 17.5. The highest BCUT2D eigenvalue weighted by Crippen LogP contribution is 2.43. The van der Waals surface area contributed by atoms with Crippen LogP contribution in [-0.2, 0) is 15.9 Å². The van der Waals surface area contributed by atoms with Crippen LogP contribution >= 0.6 is 0 Å². The molecule has 1 aromatic rings.